The number of pyridine rings is 1. The Morgan fingerprint density at radius 3 is 2.75 bits per heavy atom. The highest BCUT2D eigenvalue weighted by Gasteiger charge is 2.04. The van der Waals surface area contributed by atoms with Crippen LogP contribution in [0.15, 0.2) is 30.3 Å². The fourth-order valence-corrected chi connectivity index (χ4v) is 1.02. The minimum Gasteiger partial charge on any atom is -0.321 e. The lowest BCUT2D eigenvalue weighted by molar-refractivity contribution is 0.386. The second-order valence-corrected chi connectivity index (χ2v) is 3.67. The van der Waals surface area contributed by atoms with Crippen LogP contribution < -0.4 is 0 Å². The minimum absolute atomic E-state index is 0.667. The quantitative estimate of drug-likeness (QED) is 0.680. The van der Waals surface area contributed by atoms with Crippen molar-refractivity contribution in [1.82, 2.24) is 4.98 Å². The van der Waals surface area contributed by atoms with E-state index in [2.05, 4.69) is 4.98 Å². The Kier molecular flexibility index (Phi) is 2.76. The van der Waals surface area contributed by atoms with E-state index >= 15 is 0 Å². The lowest BCUT2D eigenvalue weighted by Gasteiger charge is -1.93. The number of hydrogen-bond donors (Lipinski definition) is 2. The standard InChI is InChI=1S/C7H8NO3P/c9-12(10,11)5-3-7-2-1-4-8-6-7/h1-6H,(H2,9,10,11). The maximum Gasteiger partial charge on any atom is 0.349 e. The van der Waals surface area contributed by atoms with Crippen LogP contribution in [0.3, 0.4) is 0 Å². The molecule has 0 atom stereocenters. The summed E-state index contributed by atoms with van der Waals surface area (Å²) in [6, 6.07) is 3.40. The van der Waals surface area contributed by atoms with Crippen molar-refractivity contribution < 1.29 is 14.4 Å². The molecule has 1 aromatic rings. The number of rotatable bonds is 2. The van der Waals surface area contributed by atoms with Gasteiger partial charge in [0.2, 0.25) is 0 Å². The van der Waals surface area contributed by atoms with Crippen molar-refractivity contribution in [3.05, 3.63) is 35.9 Å². The molecule has 0 aliphatic heterocycles. The molecule has 0 spiro atoms. The number of hydrogen-bond acceptors (Lipinski definition) is 2. The third-order valence-corrected chi connectivity index (χ3v) is 1.68. The Morgan fingerprint density at radius 1 is 1.50 bits per heavy atom. The lowest BCUT2D eigenvalue weighted by atomic mass is 10.3. The van der Waals surface area contributed by atoms with Gasteiger partial charge >= 0.3 is 7.60 Å². The van der Waals surface area contributed by atoms with Gasteiger partial charge in [-0.25, -0.2) is 0 Å². The van der Waals surface area contributed by atoms with Gasteiger partial charge in [0.1, 0.15) is 0 Å². The zero-order valence-electron chi connectivity index (χ0n) is 6.16. The normalized spacial score (nSPS) is 12.2. The molecule has 12 heavy (non-hydrogen) atoms. The maximum atomic E-state index is 10.4. The van der Waals surface area contributed by atoms with Crippen LogP contribution in [0, 0.1) is 0 Å². The Labute approximate surface area is 69.7 Å². The van der Waals surface area contributed by atoms with Crippen LogP contribution >= 0.6 is 7.60 Å². The van der Waals surface area contributed by atoms with Gasteiger partial charge in [-0.05, 0) is 17.7 Å². The first-order valence-corrected chi connectivity index (χ1v) is 4.90. The zero-order chi connectivity index (χ0) is 9.03. The molecule has 5 heteroatoms. The molecule has 64 valence electrons. The smallest absolute Gasteiger partial charge is 0.321 e. The van der Waals surface area contributed by atoms with Crippen LogP contribution in [-0.2, 0) is 4.57 Å². The van der Waals surface area contributed by atoms with E-state index in [0.29, 0.717) is 5.56 Å². The topological polar surface area (TPSA) is 70.4 Å². The SMILES string of the molecule is O=P(O)(O)C=Cc1cccnc1. The third kappa shape index (κ3) is 3.44. The maximum absolute atomic E-state index is 10.4. The summed E-state index contributed by atoms with van der Waals surface area (Å²) >= 11 is 0. The second kappa shape index (κ2) is 3.63. The van der Waals surface area contributed by atoms with Gasteiger partial charge < -0.3 is 9.79 Å². The average molecular weight is 185 g/mol. The summed E-state index contributed by atoms with van der Waals surface area (Å²) in [5.74, 6) is 0.851. The van der Waals surface area contributed by atoms with Gasteiger partial charge in [-0.2, -0.15) is 0 Å². The molecule has 0 radical (unpaired) electrons. The van der Waals surface area contributed by atoms with E-state index in [9.17, 15) is 4.57 Å². The lowest BCUT2D eigenvalue weighted by Crippen LogP contribution is -1.74. The number of nitrogens with zero attached hydrogens (tertiary/aromatic N) is 1. The summed E-state index contributed by atoms with van der Waals surface area (Å²) in [6.45, 7) is 0. The molecule has 1 heterocycles. The third-order valence-electron chi connectivity index (χ3n) is 1.15. The molecule has 4 nitrogen and oxygen atoms in total. The first-order valence-electron chi connectivity index (χ1n) is 3.22. The summed E-state index contributed by atoms with van der Waals surface area (Å²) in [4.78, 5) is 20.7. The van der Waals surface area contributed by atoms with Crippen molar-refractivity contribution in [2.45, 2.75) is 0 Å². The Bertz CT molecular complexity index is 317. The highest BCUT2D eigenvalue weighted by Crippen LogP contribution is 2.36. The van der Waals surface area contributed by atoms with Crippen LogP contribution in [0.25, 0.3) is 6.08 Å². The van der Waals surface area contributed by atoms with Crippen molar-refractivity contribution in [1.29, 1.82) is 0 Å². The van der Waals surface area contributed by atoms with Gasteiger partial charge in [0.15, 0.2) is 0 Å². The van der Waals surface area contributed by atoms with Gasteiger partial charge in [-0.3, -0.25) is 9.55 Å². The summed E-state index contributed by atoms with van der Waals surface area (Å²) in [5.41, 5.74) is 0.667. The molecule has 0 saturated heterocycles. The van der Waals surface area contributed by atoms with Crippen LogP contribution in [-0.4, -0.2) is 14.8 Å². The monoisotopic (exact) mass is 185 g/mol. The second-order valence-electron chi connectivity index (χ2n) is 2.19. The van der Waals surface area contributed by atoms with Gasteiger partial charge in [0, 0.05) is 18.2 Å². The predicted molar refractivity (Wildman–Crippen MR) is 45.3 cm³/mol. The summed E-state index contributed by atoms with van der Waals surface area (Å²) in [6.07, 6.45) is 4.45. The van der Waals surface area contributed by atoms with E-state index in [1.807, 2.05) is 0 Å². The summed E-state index contributed by atoms with van der Waals surface area (Å²) in [5, 5.41) is 0. The Hall–Kier alpha value is -0.960. The van der Waals surface area contributed by atoms with E-state index in [1.54, 1.807) is 18.3 Å². The first-order chi connectivity index (χ1) is 5.58. The van der Waals surface area contributed by atoms with Gasteiger partial charge in [0.25, 0.3) is 0 Å². The van der Waals surface area contributed by atoms with Crippen molar-refractivity contribution in [3.63, 3.8) is 0 Å². The molecular weight excluding hydrogens is 177 g/mol. The highest BCUT2D eigenvalue weighted by atomic mass is 31.2. The van der Waals surface area contributed by atoms with Crippen LogP contribution in [0.5, 0.6) is 0 Å². The fraction of sp³-hybridized carbons (Fsp3) is 0. The van der Waals surface area contributed by atoms with E-state index in [1.165, 1.54) is 12.3 Å². The van der Waals surface area contributed by atoms with Crippen molar-refractivity contribution in [2.75, 3.05) is 0 Å². The van der Waals surface area contributed by atoms with E-state index < -0.39 is 7.60 Å². The zero-order valence-corrected chi connectivity index (χ0v) is 7.06. The first kappa shape index (κ1) is 9.13. The molecule has 0 aromatic carbocycles. The van der Waals surface area contributed by atoms with Crippen molar-refractivity contribution >= 4 is 13.7 Å². The predicted octanol–water partition coefficient (Wildman–Crippen LogP) is 1.23. The molecule has 0 amide bonds. The van der Waals surface area contributed by atoms with Gasteiger partial charge in [0.05, 0.1) is 0 Å². The van der Waals surface area contributed by atoms with Crippen LogP contribution in [0.2, 0.25) is 0 Å². The van der Waals surface area contributed by atoms with E-state index in [0.717, 1.165) is 5.82 Å². The molecule has 1 rings (SSSR count). The fourth-order valence-electron chi connectivity index (χ4n) is 0.658. The molecule has 1 aromatic heterocycles. The van der Waals surface area contributed by atoms with Crippen molar-refractivity contribution in [2.24, 2.45) is 0 Å². The van der Waals surface area contributed by atoms with Crippen LogP contribution in [0.4, 0.5) is 0 Å². The Balaban J connectivity index is 2.78. The molecule has 2 N–H and O–H groups in total. The Morgan fingerprint density at radius 2 is 2.25 bits per heavy atom. The number of aromatic nitrogens is 1. The average Bonchev–Trinajstić information content (AvgIpc) is 2.02. The molecule has 0 aliphatic carbocycles. The van der Waals surface area contributed by atoms with Gasteiger partial charge in [-0.1, -0.05) is 6.07 Å². The molecule has 0 unspecified atom stereocenters. The summed E-state index contributed by atoms with van der Waals surface area (Å²) < 4.78 is 10.4. The molecule has 0 fully saturated rings. The minimum atomic E-state index is -4.04. The van der Waals surface area contributed by atoms with Crippen molar-refractivity contribution in [3.8, 4) is 0 Å². The molecule has 0 saturated carbocycles. The van der Waals surface area contributed by atoms with E-state index in [-0.39, 0.29) is 0 Å². The van der Waals surface area contributed by atoms with Gasteiger partial charge in [-0.15, -0.1) is 0 Å². The molecular formula is C7H8NO3P. The highest BCUT2D eigenvalue weighted by molar-refractivity contribution is 7.55. The van der Waals surface area contributed by atoms with Crippen LogP contribution in [0.1, 0.15) is 5.56 Å². The molecule has 0 aliphatic rings. The summed E-state index contributed by atoms with van der Waals surface area (Å²) in [7, 11) is -4.04. The molecule has 0 bridgehead atoms. The largest absolute Gasteiger partial charge is 0.349 e. The van der Waals surface area contributed by atoms with E-state index in [4.69, 9.17) is 9.79 Å².